The molecular formula is C15H22N2O3. The first-order valence-corrected chi connectivity index (χ1v) is 6.81. The van der Waals surface area contributed by atoms with Crippen molar-refractivity contribution >= 4 is 12.0 Å². The molecule has 0 aliphatic rings. The van der Waals surface area contributed by atoms with Gasteiger partial charge in [-0.05, 0) is 25.8 Å². The summed E-state index contributed by atoms with van der Waals surface area (Å²) in [5, 5.41) is 11.5. The Morgan fingerprint density at radius 3 is 2.45 bits per heavy atom. The average Bonchev–Trinajstić information content (AvgIpc) is 2.39. The van der Waals surface area contributed by atoms with E-state index in [0.717, 1.165) is 12.0 Å². The summed E-state index contributed by atoms with van der Waals surface area (Å²) < 4.78 is 0. The number of nitrogens with one attached hydrogen (secondary N) is 1. The number of hydrogen-bond acceptors (Lipinski definition) is 2. The summed E-state index contributed by atoms with van der Waals surface area (Å²) in [6.07, 6.45) is 0.724. The highest BCUT2D eigenvalue weighted by Gasteiger charge is 2.17. The first-order chi connectivity index (χ1) is 9.50. The van der Waals surface area contributed by atoms with Crippen LogP contribution in [0.3, 0.4) is 0 Å². The van der Waals surface area contributed by atoms with E-state index in [-0.39, 0.29) is 25.0 Å². The second-order valence-corrected chi connectivity index (χ2v) is 4.90. The molecule has 0 saturated heterocycles. The molecule has 0 spiro atoms. The Morgan fingerprint density at radius 1 is 1.25 bits per heavy atom. The molecule has 5 heteroatoms. The number of carbonyl (C=O) groups is 2. The SMILES string of the molecule is CC(C)N(CCC(=O)O)C(=O)NCCc1ccccc1. The molecule has 0 fully saturated rings. The van der Waals surface area contributed by atoms with Crippen LogP contribution in [0.15, 0.2) is 30.3 Å². The molecule has 20 heavy (non-hydrogen) atoms. The molecule has 1 aromatic rings. The standard InChI is InChI=1S/C15H22N2O3/c1-12(2)17(11-9-14(18)19)15(20)16-10-8-13-6-4-3-5-7-13/h3-7,12H,8-11H2,1-2H3,(H,16,20)(H,18,19). The summed E-state index contributed by atoms with van der Waals surface area (Å²) in [5.74, 6) is -0.896. The van der Waals surface area contributed by atoms with Crippen LogP contribution in [0, 0.1) is 0 Å². The van der Waals surface area contributed by atoms with Crippen molar-refractivity contribution in [3.8, 4) is 0 Å². The zero-order chi connectivity index (χ0) is 15.0. The second-order valence-electron chi connectivity index (χ2n) is 4.90. The van der Waals surface area contributed by atoms with Gasteiger partial charge < -0.3 is 15.3 Å². The van der Waals surface area contributed by atoms with Gasteiger partial charge in [-0.15, -0.1) is 0 Å². The van der Waals surface area contributed by atoms with Crippen LogP contribution in [0.1, 0.15) is 25.8 Å². The molecule has 0 radical (unpaired) electrons. The molecule has 0 bridgehead atoms. The number of aliphatic carboxylic acids is 1. The third kappa shape index (κ3) is 5.73. The highest BCUT2D eigenvalue weighted by molar-refractivity contribution is 5.75. The number of urea groups is 1. The number of amides is 2. The van der Waals surface area contributed by atoms with Gasteiger partial charge in [-0.2, -0.15) is 0 Å². The molecule has 1 rings (SSSR count). The molecule has 0 atom stereocenters. The van der Waals surface area contributed by atoms with Crippen molar-refractivity contribution in [2.75, 3.05) is 13.1 Å². The molecule has 1 aromatic carbocycles. The van der Waals surface area contributed by atoms with Crippen molar-refractivity contribution in [3.63, 3.8) is 0 Å². The van der Waals surface area contributed by atoms with E-state index in [1.54, 1.807) is 4.90 Å². The summed E-state index contributed by atoms with van der Waals surface area (Å²) >= 11 is 0. The quantitative estimate of drug-likeness (QED) is 0.802. The first-order valence-electron chi connectivity index (χ1n) is 6.81. The molecule has 0 aliphatic carbocycles. The highest BCUT2D eigenvalue weighted by Crippen LogP contribution is 2.02. The fourth-order valence-corrected chi connectivity index (χ4v) is 1.87. The first kappa shape index (κ1) is 16.0. The fraction of sp³-hybridized carbons (Fsp3) is 0.467. The van der Waals surface area contributed by atoms with Crippen LogP contribution >= 0.6 is 0 Å². The average molecular weight is 278 g/mol. The number of nitrogens with zero attached hydrogens (tertiary/aromatic N) is 1. The lowest BCUT2D eigenvalue weighted by atomic mass is 10.1. The Labute approximate surface area is 119 Å². The van der Waals surface area contributed by atoms with Crippen molar-refractivity contribution in [3.05, 3.63) is 35.9 Å². The van der Waals surface area contributed by atoms with Crippen molar-refractivity contribution in [2.24, 2.45) is 0 Å². The normalized spacial score (nSPS) is 10.3. The topological polar surface area (TPSA) is 69.6 Å². The summed E-state index contributed by atoms with van der Waals surface area (Å²) in [7, 11) is 0. The van der Waals surface area contributed by atoms with E-state index < -0.39 is 5.97 Å². The van der Waals surface area contributed by atoms with Crippen LogP contribution in [-0.4, -0.2) is 41.1 Å². The van der Waals surface area contributed by atoms with E-state index >= 15 is 0 Å². The summed E-state index contributed by atoms with van der Waals surface area (Å²) in [6, 6.07) is 9.67. The molecule has 2 N–H and O–H groups in total. The number of carboxylic acids is 1. The van der Waals surface area contributed by atoms with Gasteiger partial charge in [-0.1, -0.05) is 30.3 Å². The smallest absolute Gasteiger partial charge is 0.317 e. The van der Waals surface area contributed by atoms with Crippen molar-refractivity contribution in [2.45, 2.75) is 32.7 Å². The molecule has 0 heterocycles. The minimum atomic E-state index is -0.896. The van der Waals surface area contributed by atoms with Gasteiger partial charge in [0, 0.05) is 19.1 Å². The van der Waals surface area contributed by atoms with E-state index in [2.05, 4.69) is 5.32 Å². The van der Waals surface area contributed by atoms with E-state index in [0.29, 0.717) is 6.54 Å². The maximum atomic E-state index is 12.0. The maximum absolute atomic E-state index is 12.0. The largest absolute Gasteiger partial charge is 0.481 e. The van der Waals surface area contributed by atoms with E-state index in [1.807, 2.05) is 44.2 Å². The van der Waals surface area contributed by atoms with Crippen molar-refractivity contribution in [1.82, 2.24) is 10.2 Å². The van der Waals surface area contributed by atoms with Crippen molar-refractivity contribution < 1.29 is 14.7 Å². The molecule has 0 aliphatic heterocycles. The fourth-order valence-electron chi connectivity index (χ4n) is 1.87. The lowest BCUT2D eigenvalue weighted by Gasteiger charge is -2.26. The third-order valence-corrected chi connectivity index (χ3v) is 2.98. The minimum Gasteiger partial charge on any atom is -0.481 e. The predicted molar refractivity (Wildman–Crippen MR) is 77.6 cm³/mol. The molecule has 5 nitrogen and oxygen atoms in total. The number of hydrogen-bond donors (Lipinski definition) is 2. The molecule has 0 unspecified atom stereocenters. The summed E-state index contributed by atoms with van der Waals surface area (Å²) in [5.41, 5.74) is 1.16. The van der Waals surface area contributed by atoms with Gasteiger partial charge in [-0.25, -0.2) is 4.79 Å². The van der Waals surface area contributed by atoms with Crippen LogP contribution in [0.25, 0.3) is 0 Å². The lowest BCUT2D eigenvalue weighted by molar-refractivity contribution is -0.137. The molecule has 0 saturated carbocycles. The molecule has 0 aromatic heterocycles. The zero-order valence-corrected chi connectivity index (χ0v) is 12.0. The Bertz CT molecular complexity index is 432. The molecule has 110 valence electrons. The monoisotopic (exact) mass is 278 g/mol. The van der Waals surface area contributed by atoms with Gasteiger partial charge in [0.05, 0.1) is 6.42 Å². The highest BCUT2D eigenvalue weighted by atomic mass is 16.4. The van der Waals surface area contributed by atoms with E-state index in [1.165, 1.54) is 0 Å². The maximum Gasteiger partial charge on any atom is 0.317 e. The van der Waals surface area contributed by atoms with Crippen LogP contribution in [-0.2, 0) is 11.2 Å². The van der Waals surface area contributed by atoms with Gasteiger partial charge in [0.15, 0.2) is 0 Å². The number of rotatable bonds is 7. The third-order valence-electron chi connectivity index (χ3n) is 2.98. The van der Waals surface area contributed by atoms with Gasteiger partial charge in [0.1, 0.15) is 0 Å². The van der Waals surface area contributed by atoms with Crippen molar-refractivity contribution in [1.29, 1.82) is 0 Å². The summed E-state index contributed by atoms with van der Waals surface area (Å²) in [6.45, 7) is 4.51. The predicted octanol–water partition coefficient (Wildman–Crippen LogP) is 2.12. The number of carboxylic acid groups (broad SMARTS) is 1. The number of benzene rings is 1. The Morgan fingerprint density at radius 2 is 1.90 bits per heavy atom. The minimum absolute atomic E-state index is 0.0222. The van der Waals surface area contributed by atoms with Crippen LogP contribution < -0.4 is 5.32 Å². The Balaban J connectivity index is 2.40. The Kier molecular flexibility index (Phi) is 6.56. The molecular weight excluding hydrogens is 256 g/mol. The zero-order valence-electron chi connectivity index (χ0n) is 12.0. The second kappa shape index (κ2) is 8.19. The van der Waals surface area contributed by atoms with Gasteiger partial charge in [0.25, 0.3) is 0 Å². The lowest BCUT2D eigenvalue weighted by Crippen LogP contribution is -2.45. The van der Waals surface area contributed by atoms with Gasteiger partial charge in [-0.3, -0.25) is 4.79 Å². The summed E-state index contributed by atoms with van der Waals surface area (Å²) in [4.78, 5) is 24.1. The van der Waals surface area contributed by atoms with E-state index in [9.17, 15) is 9.59 Å². The van der Waals surface area contributed by atoms with Crippen LogP contribution in [0.4, 0.5) is 4.79 Å². The van der Waals surface area contributed by atoms with Crippen LogP contribution in [0.5, 0.6) is 0 Å². The van der Waals surface area contributed by atoms with E-state index in [4.69, 9.17) is 5.11 Å². The van der Waals surface area contributed by atoms with Crippen LogP contribution in [0.2, 0.25) is 0 Å². The Hall–Kier alpha value is -2.04. The van der Waals surface area contributed by atoms with Gasteiger partial charge in [0.2, 0.25) is 0 Å². The number of carbonyl (C=O) groups excluding carboxylic acids is 1. The molecule has 2 amide bonds. The van der Waals surface area contributed by atoms with Gasteiger partial charge >= 0.3 is 12.0 Å².